The summed E-state index contributed by atoms with van der Waals surface area (Å²) in [6.45, 7) is 0.924. The van der Waals surface area contributed by atoms with Gasteiger partial charge in [0.2, 0.25) is 5.91 Å². The number of aliphatic hydroxyl groups is 1. The third-order valence-corrected chi connectivity index (χ3v) is 3.79. The number of rotatable bonds is 7. The Morgan fingerprint density at radius 3 is 3.00 bits per heavy atom. The zero-order chi connectivity index (χ0) is 15.1. The Bertz CT molecular complexity index is 467. The lowest BCUT2D eigenvalue weighted by Gasteiger charge is -2.15. The van der Waals surface area contributed by atoms with Crippen LogP contribution < -0.4 is 10.1 Å². The van der Waals surface area contributed by atoms with Crippen molar-refractivity contribution in [1.82, 2.24) is 5.32 Å². The van der Waals surface area contributed by atoms with Gasteiger partial charge in [-0.25, -0.2) is 4.39 Å². The summed E-state index contributed by atoms with van der Waals surface area (Å²) in [5, 5.41) is 12.5. The highest BCUT2D eigenvalue weighted by Gasteiger charge is 2.25. The van der Waals surface area contributed by atoms with Crippen LogP contribution in [0.1, 0.15) is 32.1 Å². The predicted octanol–water partition coefficient (Wildman–Crippen LogP) is 2.26. The Labute approximate surface area is 124 Å². The fraction of sp³-hybridized carbons (Fsp3) is 0.562. The van der Waals surface area contributed by atoms with E-state index in [1.807, 2.05) is 0 Å². The zero-order valence-corrected chi connectivity index (χ0v) is 12.1. The Kier molecular flexibility index (Phi) is 5.99. The average molecular weight is 295 g/mol. The van der Waals surface area contributed by atoms with Gasteiger partial charge in [-0.05, 0) is 31.4 Å². The molecule has 1 aromatic carbocycles. The Morgan fingerprint density at radius 2 is 2.29 bits per heavy atom. The molecule has 1 aromatic rings. The van der Waals surface area contributed by atoms with Crippen LogP contribution in [0, 0.1) is 11.7 Å². The van der Waals surface area contributed by atoms with Crippen LogP contribution >= 0.6 is 0 Å². The Balaban J connectivity index is 1.57. The van der Waals surface area contributed by atoms with E-state index in [-0.39, 0.29) is 23.7 Å². The molecule has 1 aliphatic rings. The molecule has 21 heavy (non-hydrogen) atoms. The molecule has 1 fully saturated rings. The maximum absolute atomic E-state index is 12.9. The van der Waals surface area contributed by atoms with Crippen molar-refractivity contribution in [3.8, 4) is 5.75 Å². The number of carbonyl (C=O) groups is 1. The second-order valence-corrected chi connectivity index (χ2v) is 5.47. The van der Waals surface area contributed by atoms with E-state index in [0.717, 1.165) is 19.3 Å². The summed E-state index contributed by atoms with van der Waals surface area (Å²) >= 11 is 0. The minimum atomic E-state index is -0.333. The van der Waals surface area contributed by atoms with Gasteiger partial charge in [-0.15, -0.1) is 0 Å². The number of halogens is 1. The summed E-state index contributed by atoms with van der Waals surface area (Å²) in [6, 6.07) is 5.95. The molecule has 0 spiro atoms. The van der Waals surface area contributed by atoms with E-state index in [1.54, 1.807) is 12.1 Å². The van der Waals surface area contributed by atoms with E-state index in [0.29, 0.717) is 31.7 Å². The molecule has 2 rings (SSSR count). The van der Waals surface area contributed by atoms with Gasteiger partial charge in [0.1, 0.15) is 11.6 Å². The highest BCUT2D eigenvalue weighted by molar-refractivity contribution is 5.75. The lowest BCUT2D eigenvalue weighted by atomic mass is 10.1. The molecular formula is C16H22FNO3. The van der Waals surface area contributed by atoms with Crippen molar-refractivity contribution in [3.63, 3.8) is 0 Å². The topological polar surface area (TPSA) is 58.6 Å². The summed E-state index contributed by atoms with van der Waals surface area (Å²) in [5.41, 5.74) is 0. The smallest absolute Gasteiger partial charge is 0.220 e. The third-order valence-electron chi connectivity index (χ3n) is 3.79. The van der Waals surface area contributed by atoms with Gasteiger partial charge < -0.3 is 15.2 Å². The number of benzene rings is 1. The molecule has 0 heterocycles. The molecule has 2 atom stereocenters. The van der Waals surface area contributed by atoms with Gasteiger partial charge in [0.05, 0.1) is 12.7 Å². The van der Waals surface area contributed by atoms with Gasteiger partial charge >= 0.3 is 0 Å². The average Bonchev–Trinajstić information content (AvgIpc) is 2.87. The van der Waals surface area contributed by atoms with Crippen molar-refractivity contribution in [2.75, 3.05) is 13.2 Å². The van der Waals surface area contributed by atoms with Crippen molar-refractivity contribution in [3.05, 3.63) is 30.1 Å². The molecule has 4 nitrogen and oxygen atoms in total. The molecular weight excluding hydrogens is 273 g/mol. The van der Waals surface area contributed by atoms with Crippen LogP contribution in [0.3, 0.4) is 0 Å². The Hall–Kier alpha value is -1.62. The van der Waals surface area contributed by atoms with Gasteiger partial charge in [0, 0.05) is 24.9 Å². The molecule has 0 aliphatic heterocycles. The summed E-state index contributed by atoms with van der Waals surface area (Å²) in [6.07, 6.45) is 3.52. The van der Waals surface area contributed by atoms with E-state index in [9.17, 15) is 14.3 Å². The van der Waals surface area contributed by atoms with Gasteiger partial charge in [0.15, 0.2) is 0 Å². The van der Waals surface area contributed by atoms with Crippen LogP contribution in [0.2, 0.25) is 0 Å². The minimum absolute atomic E-state index is 0.0306. The maximum Gasteiger partial charge on any atom is 0.220 e. The molecule has 1 aliphatic carbocycles. The summed E-state index contributed by atoms with van der Waals surface area (Å²) in [5.74, 6) is 0.305. The molecule has 1 amide bonds. The number of nitrogens with one attached hydrogen (secondary N) is 1. The molecule has 2 unspecified atom stereocenters. The highest BCUT2D eigenvalue weighted by atomic mass is 19.1. The number of carbonyl (C=O) groups excluding carboxylic acids is 1. The first-order valence-corrected chi connectivity index (χ1v) is 7.48. The van der Waals surface area contributed by atoms with Gasteiger partial charge in [-0.3, -0.25) is 4.79 Å². The lowest BCUT2D eigenvalue weighted by molar-refractivity contribution is -0.121. The van der Waals surface area contributed by atoms with Gasteiger partial charge in [-0.1, -0.05) is 12.5 Å². The van der Waals surface area contributed by atoms with E-state index >= 15 is 0 Å². The monoisotopic (exact) mass is 295 g/mol. The van der Waals surface area contributed by atoms with Crippen LogP contribution in [-0.2, 0) is 4.79 Å². The minimum Gasteiger partial charge on any atom is -0.493 e. The molecule has 0 aromatic heterocycles. The zero-order valence-electron chi connectivity index (χ0n) is 12.1. The molecule has 0 bridgehead atoms. The van der Waals surface area contributed by atoms with Crippen molar-refractivity contribution in [2.45, 2.75) is 38.2 Å². The molecule has 0 saturated heterocycles. The predicted molar refractivity (Wildman–Crippen MR) is 77.5 cm³/mol. The van der Waals surface area contributed by atoms with Gasteiger partial charge in [0.25, 0.3) is 0 Å². The normalized spacial score (nSPS) is 21.2. The highest BCUT2D eigenvalue weighted by Crippen LogP contribution is 2.24. The van der Waals surface area contributed by atoms with E-state index in [2.05, 4.69) is 5.32 Å². The van der Waals surface area contributed by atoms with Crippen LogP contribution in [-0.4, -0.2) is 30.3 Å². The first-order valence-electron chi connectivity index (χ1n) is 7.48. The molecule has 2 N–H and O–H groups in total. The van der Waals surface area contributed by atoms with E-state index in [1.165, 1.54) is 12.1 Å². The summed E-state index contributed by atoms with van der Waals surface area (Å²) in [7, 11) is 0. The first-order chi connectivity index (χ1) is 10.1. The third kappa shape index (κ3) is 5.34. The summed E-state index contributed by atoms with van der Waals surface area (Å²) in [4.78, 5) is 11.7. The number of amides is 1. The van der Waals surface area contributed by atoms with E-state index < -0.39 is 0 Å². The van der Waals surface area contributed by atoms with Crippen molar-refractivity contribution in [2.24, 2.45) is 5.92 Å². The Morgan fingerprint density at radius 1 is 1.43 bits per heavy atom. The molecule has 1 saturated carbocycles. The SMILES string of the molecule is O=C(CCCOc1cccc(F)c1)NCC1CCCC1O. The lowest BCUT2D eigenvalue weighted by Crippen LogP contribution is -2.32. The number of ether oxygens (including phenoxy) is 1. The van der Waals surface area contributed by atoms with Crippen LogP contribution in [0.25, 0.3) is 0 Å². The first kappa shape index (κ1) is 15.8. The fourth-order valence-electron chi connectivity index (χ4n) is 2.57. The number of hydrogen-bond donors (Lipinski definition) is 2. The second-order valence-electron chi connectivity index (χ2n) is 5.47. The quantitative estimate of drug-likeness (QED) is 0.759. The second kappa shape index (κ2) is 7.98. The number of aliphatic hydroxyl groups excluding tert-OH is 1. The number of hydrogen-bond acceptors (Lipinski definition) is 3. The molecule has 5 heteroatoms. The van der Waals surface area contributed by atoms with Gasteiger partial charge in [-0.2, -0.15) is 0 Å². The van der Waals surface area contributed by atoms with Crippen molar-refractivity contribution in [1.29, 1.82) is 0 Å². The standard InChI is InChI=1S/C16H22FNO3/c17-13-5-2-6-14(10-13)21-9-3-8-16(20)18-11-12-4-1-7-15(12)19/h2,5-6,10,12,15,19H,1,3-4,7-9,11H2,(H,18,20). The largest absolute Gasteiger partial charge is 0.493 e. The van der Waals surface area contributed by atoms with Crippen LogP contribution in [0.15, 0.2) is 24.3 Å². The van der Waals surface area contributed by atoms with Crippen LogP contribution in [0.4, 0.5) is 4.39 Å². The fourth-order valence-corrected chi connectivity index (χ4v) is 2.57. The molecule has 116 valence electrons. The van der Waals surface area contributed by atoms with Crippen molar-refractivity contribution >= 4 is 5.91 Å². The summed E-state index contributed by atoms with van der Waals surface area (Å²) < 4.78 is 18.3. The molecule has 0 radical (unpaired) electrons. The van der Waals surface area contributed by atoms with Crippen molar-refractivity contribution < 1.29 is 19.0 Å². The van der Waals surface area contributed by atoms with Crippen LogP contribution in [0.5, 0.6) is 5.75 Å². The van der Waals surface area contributed by atoms with E-state index in [4.69, 9.17) is 4.74 Å². The maximum atomic E-state index is 12.9.